The Balaban J connectivity index is 1.22. The van der Waals surface area contributed by atoms with Crippen LogP contribution in [0.5, 0.6) is 0 Å². The summed E-state index contributed by atoms with van der Waals surface area (Å²) >= 11 is 0. The van der Waals surface area contributed by atoms with E-state index in [0.717, 1.165) is 28.6 Å². The third-order valence-electron chi connectivity index (χ3n) is 12.0. The van der Waals surface area contributed by atoms with Gasteiger partial charge in [-0.2, -0.15) is 0 Å². The Hall–Kier alpha value is 1.29. The van der Waals surface area contributed by atoms with Gasteiger partial charge in [-0.3, -0.25) is 0 Å². The highest BCUT2D eigenvalue weighted by Gasteiger charge is 2.40. The van der Waals surface area contributed by atoms with Crippen molar-refractivity contribution in [1.29, 1.82) is 0 Å². The molecule has 0 saturated heterocycles. The average molecular weight is 565 g/mol. The summed E-state index contributed by atoms with van der Waals surface area (Å²) in [5.74, 6) is 1.03. The SMILES string of the molecule is PC1(CCP(C2CCCCC2)C2CCCCC2)CCCCC1CCP(C1CCCCC1)C1CCCCC1. The van der Waals surface area contributed by atoms with Gasteiger partial charge in [-0.05, 0) is 123 Å². The van der Waals surface area contributed by atoms with Gasteiger partial charge in [0.1, 0.15) is 0 Å². The summed E-state index contributed by atoms with van der Waals surface area (Å²) in [5, 5.41) is 0.600. The predicted molar refractivity (Wildman–Crippen MR) is 175 cm³/mol. The smallest absolute Gasteiger partial charge is 0.0118 e. The lowest BCUT2D eigenvalue weighted by molar-refractivity contribution is 0.259. The van der Waals surface area contributed by atoms with Crippen LogP contribution in [0.15, 0.2) is 0 Å². The lowest BCUT2D eigenvalue weighted by Crippen LogP contribution is -2.37. The fourth-order valence-electron chi connectivity index (χ4n) is 9.72. The normalized spacial score (nSPS) is 32.4. The van der Waals surface area contributed by atoms with Gasteiger partial charge in [0.2, 0.25) is 0 Å². The molecule has 5 saturated carbocycles. The Kier molecular flexibility index (Phi) is 12.5. The molecular weight excluding hydrogens is 501 g/mol. The minimum absolute atomic E-state index is 0.276. The zero-order chi connectivity index (χ0) is 25.3. The van der Waals surface area contributed by atoms with E-state index in [-0.39, 0.29) is 15.8 Å². The van der Waals surface area contributed by atoms with Crippen molar-refractivity contribution in [3.63, 3.8) is 0 Å². The fourth-order valence-corrected chi connectivity index (χ4v) is 18.7. The Morgan fingerprint density at radius 3 is 1.27 bits per heavy atom. The summed E-state index contributed by atoms with van der Waals surface area (Å²) in [6.07, 6.45) is 44.0. The van der Waals surface area contributed by atoms with E-state index in [0.29, 0.717) is 5.16 Å². The second-order valence-corrected chi connectivity index (χ2v) is 21.4. The molecule has 37 heavy (non-hydrogen) atoms. The first-order valence-electron chi connectivity index (χ1n) is 17.5. The Morgan fingerprint density at radius 1 is 0.459 bits per heavy atom. The van der Waals surface area contributed by atoms with Gasteiger partial charge in [-0.25, -0.2) is 0 Å². The maximum Gasteiger partial charge on any atom is -0.0118 e. The van der Waals surface area contributed by atoms with Crippen molar-refractivity contribution in [3.8, 4) is 0 Å². The van der Waals surface area contributed by atoms with E-state index in [9.17, 15) is 0 Å². The monoisotopic (exact) mass is 564 g/mol. The Labute approximate surface area is 237 Å². The molecule has 3 unspecified atom stereocenters. The van der Waals surface area contributed by atoms with Crippen molar-refractivity contribution in [2.24, 2.45) is 5.92 Å². The summed E-state index contributed by atoms with van der Waals surface area (Å²) in [5.41, 5.74) is 4.60. The van der Waals surface area contributed by atoms with Crippen LogP contribution in [0, 0.1) is 5.92 Å². The van der Waals surface area contributed by atoms with Crippen molar-refractivity contribution in [2.45, 2.75) is 195 Å². The van der Waals surface area contributed by atoms with Crippen molar-refractivity contribution < 1.29 is 0 Å². The zero-order valence-electron chi connectivity index (χ0n) is 24.7. The van der Waals surface area contributed by atoms with Crippen LogP contribution in [0.2, 0.25) is 0 Å². The molecule has 5 rings (SSSR count). The summed E-state index contributed by atoms with van der Waals surface area (Å²) in [6.45, 7) is 0. The Bertz CT molecular complexity index is 591. The van der Waals surface area contributed by atoms with E-state index in [1.807, 2.05) is 0 Å². The second kappa shape index (κ2) is 15.5. The summed E-state index contributed by atoms with van der Waals surface area (Å²) in [6, 6.07) is 0. The molecule has 0 aromatic heterocycles. The van der Waals surface area contributed by atoms with Crippen LogP contribution in [0.1, 0.15) is 167 Å². The van der Waals surface area contributed by atoms with Gasteiger partial charge in [0, 0.05) is 0 Å². The molecule has 0 nitrogen and oxygen atoms in total. The van der Waals surface area contributed by atoms with E-state index in [1.54, 1.807) is 134 Å². The molecule has 0 N–H and O–H groups in total. The molecule has 3 heteroatoms. The third-order valence-corrected chi connectivity index (χ3v) is 20.4. The standard InChI is InChI=1S/C34H63P3/c35-34(26-28-37(32-20-9-3-10-21-32)33-22-11-4-12-23-33)25-14-13-15-29(34)24-27-36(30-16-5-1-6-17-30)31-18-7-2-8-19-31/h29-33H,1-28,35H2. The maximum atomic E-state index is 3.61. The number of hydrogen-bond acceptors (Lipinski definition) is 0. The minimum Gasteiger partial charge on any atom is -0.131 e. The molecule has 0 aromatic rings. The van der Waals surface area contributed by atoms with Crippen LogP contribution >= 0.6 is 25.1 Å². The molecule has 3 atom stereocenters. The predicted octanol–water partition coefficient (Wildman–Crippen LogP) is 11.9. The van der Waals surface area contributed by atoms with Crippen molar-refractivity contribution in [3.05, 3.63) is 0 Å². The molecule has 5 aliphatic rings. The Morgan fingerprint density at radius 2 is 0.838 bits per heavy atom. The van der Waals surface area contributed by atoms with Gasteiger partial charge in [0.05, 0.1) is 0 Å². The molecule has 5 aliphatic carbocycles. The van der Waals surface area contributed by atoms with E-state index in [4.69, 9.17) is 0 Å². The first-order valence-corrected chi connectivity index (χ1v) is 21.4. The minimum atomic E-state index is 0.276. The first-order chi connectivity index (χ1) is 18.2. The largest absolute Gasteiger partial charge is 0.131 e. The van der Waals surface area contributed by atoms with Gasteiger partial charge < -0.3 is 0 Å². The van der Waals surface area contributed by atoms with Gasteiger partial charge >= 0.3 is 0 Å². The van der Waals surface area contributed by atoms with E-state index in [1.165, 1.54) is 44.9 Å². The van der Waals surface area contributed by atoms with Crippen LogP contribution in [0.25, 0.3) is 0 Å². The second-order valence-electron chi connectivity index (χ2n) is 14.4. The van der Waals surface area contributed by atoms with Crippen LogP contribution in [0.4, 0.5) is 0 Å². The lowest BCUT2D eigenvalue weighted by atomic mass is 9.75. The van der Waals surface area contributed by atoms with Crippen molar-refractivity contribution >= 4 is 25.1 Å². The maximum absolute atomic E-state index is 3.61. The first kappa shape index (κ1) is 29.8. The van der Waals surface area contributed by atoms with Gasteiger partial charge in [-0.1, -0.05) is 89.9 Å². The molecule has 5 fully saturated rings. The van der Waals surface area contributed by atoms with Gasteiger partial charge in [-0.15, -0.1) is 25.1 Å². The van der Waals surface area contributed by atoms with Crippen molar-refractivity contribution in [2.75, 3.05) is 12.3 Å². The lowest BCUT2D eigenvalue weighted by Gasteiger charge is -2.46. The zero-order valence-corrected chi connectivity index (χ0v) is 27.6. The molecule has 0 amide bonds. The molecule has 0 aliphatic heterocycles. The van der Waals surface area contributed by atoms with E-state index in [2.05, 4.69) is 9.24 Å². The van der Waals surface area contributed by atoms with Crippen LogP contribution in [0.3, 0.4) is 0 Å². The third kappa shape index (κ3) is 8.41. The van der Waals surface area contributed by atoms with E-state index >= 15 is 0 Å². The topological polar surface area (TPSA) is 0 Å². The molecule has 0 spiro atoms. The highest BCUT2D eigenvalue weighted by atomic mass is 31.1. The average Bonchev–Trinajstić information content (AvgIpc) is 2.96. The number of rotatable bonds is 10. The molecule has 0 radical (unpaired) electrons. The fraction of sp³-hybridized carbons (Fsp3) is 1.00. The number of hydrogen-bond donors (Lipinski definition) is 0. The summed E-state index contributed by atoms with van der Waals surface area (Å²) in [4.78, 5) is 0. The van der Waals surface area contributed by atoms with Crippen LogP contribution < -0.4 is 0 Å². The summed E-state index contributed by atoms with van der Waals surface area (Å²) < 4.78 is 0. The van der Waals surface area contributed by atoms with Gasteiger partial charge in [0.25, 0.3) is 0 Å². The highest BCUT2D eigenvalue weighted by molar-refractivity contribution is 7.59. The van der Waals surface area contributed by atoms with Crippen LogP contribution in [-0.2, 0) is 0 Å². The van der Waals surface area contributed by atoms with Crippen LogP contribution in [-0.4, -0.2) is 40.1 Å². The van der Waals surface area contributed by atoms with Crippen molar-refractivity contribution in [1.82, 2.24) is 0 Å². The molecular formula is C34H63P3. The molecule has 214 valence electrons. The quantitative estimate of drug-likeness (QED) is 0.232. The van der Waals surface area contributed by atoms with Gasteiger partial charge in [0.15, 0.2) is 0 Å². The molecule has 0 aromatic carbocycles. The molecule has 0 bridgehead atoms. The summed E-state index contributed by atoms with van der Waals surface area (Å²) in [7, 11) is 4.17. The van der Waals surface area contributed by atoms with E-state index < -0.39 is 0 Å². The molecule has 0 heterocycles. The highest BCUT2D eigenvalue weighted by Crippen LogP contribution is 2.60.